The van der Waals surface area contributed by atoms with Crippen molar-refractivity contribution in [1.82, 2.24) is 0 Å². The molecule has 0 aliphatic carbocycles. The van der Waals surface area contributed by atoms with Crippen LogP contribution >= 0.6 is 0 Å². The molecule has 3 aromatic carbocycles. The second-order valence-corrected chi connectivity index (χ2v) is 8.11. The molecule has 4 aromatic rings. The Morgan fingerprint density at radius 1 is 1.11 bits per heavy atom. The molecule has 2 N–H and O–H groups in total. The van der Waals surface area contributed by atoms with Crippen LogP contribution in [0.15, 0.2) is 71.3 Å². The van der Waals surface area contributed by atoms with E-state index in [-0.39, 0.29) is 19.0 Å². The molecule has 1 heterocycles. The summed E-state index contributed by atoms with van der Waals surface area (Å²) in [6, 6.07) is 18.0. The fraction of sp³-hybridized carbons (Fsp3) is 0.250. The maximum absolute atomic E-state index is 13.1. The minimum Gasteiger partial charge on any atom is -0.497 e. The molecular weight excluding hydrogens is 449 g/mol. The highest BCUT2D eigenvalue weighted by Crippen LogP contribution is 2.33. The van der Waals surface area contributed by atoms with Gasteiger partial charge in [0, 0.05) is 22.6 Å². The lowest BCUT2D eigenvalue weighted by molar-refractivity contribution is -0.142. The Balaban J connectivity index is 1.65. The van der Waals surface area contributed by atoms with Crippen molar-refractivity contribution in [2.75, 3.05) is 20.4 Å². The molecule has 0 aliphatic rings. The van der Waals surface area contributed by atoms with Gasteiger partial charge >= 0.3 is 5.97 Å². The number of alkyl halides is 1. The van der Waals surface area contributed by atoms with E-state index in [9.17, 15) is 9.18 Å². The Bertz CT molecular complexity index is 1320. The van der Waals surface area contributed by atoms with Crippen LogP contribution in [-0.2, 0) is 22.6 Å². The Morgan fingerprint density at radius 2 is 1.97 bits per heavy atom. The van der Waals surface area contributed by atoms with Crippen LogP contribution in [0.3, 0.4) is 0 Å². The Hall–Kier alpha value is -3.84. The summed E-state index contributed by atoms with van der Waals surface area (Å²) in [6.45, 7) is 1.70. The highest BCUT2D eigenvalue weighted by molar-refractivity contribution is 5.93. The summed E-state index contributed by atoms with van der Waals surface area (Å²) >= 11 is 0. The van der Waals surface area contributed by atoms with Crippen LogP contribution in [0.4, 0.5) is 4.39 Å². The molecule has 0 saturated heterocycles. The summed E-state index contributed by atoms with van der Waals surface area (Å²) in [7, 11) is 1.58. The maximum atomic E-state index is 13.1. The van der Waals surface area contributed by atoms with E-state index >= 15 is 0 Å². The molecule has 7 heteroatoms. The van der Waals surface area contributed by atoms with Gasteiger partial charge in [0.15, 0.2) is 0 Å². The van der Waals surface area contributed by atoms with E-state index in [0.717, 1.165) is 27.7 Å². The zero-order valence-corrected chi connectivity index (χ0v) is 19.8. The summed E-state index contributed by atoms with van der Waals surface area (Å²) < 4.78 is 35.5. The van der Waals surface area contributed by atoms with Gasteiger partial charge in [0.1, 0.15) is 30.4 Å². The van der Waals surface area contributed by atoms with Gasteiger partial charge in [-0.1, -0.05) is 24.3 Å². The van der Waals surface area contributed by atoms with Crippen molar-refractivity contribution in [1.29, 1.82) is 0 Å². The lowest BCUT2D eigenvalue weighted by atomic mass is 9.97. The summed E-state index contributed by atoms with van der Waals surface area (Å²) in [6.07, 6.45) is 1.73. The van der Waals surface area contributed by atoms with Gasteiger partial charge in [0.25, 0.3) is 0 Å². The molecule has 0 fully saturated rings. The first kappa shape index (κ1) is 24.3. The van der Waals surface area contributed by atoms with E-state index in [2.05, 4.69) is 0 Å². The number of ether oxygens (including phenoxy) is 3. The number of halogens is 1. The van der Waals surface area contributed by atoms with Crippen LogP contribution in [0, 0.1) is 0 Å². The molecule has 0 radical (unpaired) electrons. The number of rotatable bonds is 10. The predicted octanol–water partition coefficient (Wildman–Crippen LogP) is 5.76. The smallest absolute Gasteiger partial charge is 0.310 e. The van der Waals surface area contributed by atoms with E-state index < -0.39 is 12.7 Å². The third-order valence-electron chi connectivity index (χ3n) is 5.71. The van der Waals surface area contributed by atoms with Gasteiger partial charge in [-0.15, -0.1) is 0 Å². The molecule has 1 atom stereocenters. The first-order chi connectivity index (χ1) is 17.0. The molecule has 6 nitrogen and oxygen atoms in total. The fourth-order valence-corrected chi connectivity index (χ4v) is 3.94. The van der Waals surface area contributed by atoms with Crippen molar-refractivity contribution in [2.45, 2.75) is 26.0 Å². The molecule has 0 unspecified atom stereocenters. The van der Waals surface area contributed by atoms with E-state index in [1.165, 1.54) is 0 Å². The summed E-state index contributed by atoms with van der Waals surface area (Å²) in [5.41, 5.74) is 10.7. The lowest BCUT2D eigenvalue weighted by Crippen LogP contribution is -2.11. The molecular formula is C28H28FNO5. The minimum atomic E-state index is -0.681. The van der Waals surface area contributed by atoms with Crippen molar-refractivity contribution in [3.8, 4) is 22.6 Å². The number of nitrogens with two attached hydrogens (primary N) is 1. The second kappa shape index (κ2) is 11.1. The van der Waals surface area contributed by atoms with Crippen molar-refractivity contribution < 1.29 is 27.8 Å². The van der Waals surface area contributed by atoms with Gasteiger partial charge in [-0.05, 0) is 53.9 Å². The van der Waals surface area contributed by atoms with Crippen molar-refractivity contribution in [3.63, 3.8) is 0 Å². The Kier molecular flexibility index (Phi) is 7.67. The number of hydrogen-bond donors (Lipinski definition) is 1. The molecule has 0 saturated carbocycles. The Morgan fingerprint density at radius 3 is 2.74 bits per heavy atom. The standard InChI is InChI=1S/C28H28FNO5/c1-3-33-27(31)14-21-7-8-23(32-2)15-26(21)35-17-18-11-22-9-10-34-28(22)24(12-18)19-5-4-6-20(13-19)25(30)16-29/h4-13,15,25H,3,14,16-17,30H2,1-2H3/t25-/m0/s1. The molecule has 0 spiro atoms. The van der Waals surface area contributed by atoms with Crippen LogP contribution in [0.5, 0.6) is 11.5 Å². The first-order valence-corrected chi connectivity index (χ1v) is 11.4. The molecule has 0 bridgehead atoms. The van der Waals surface area contributed by atoms with Crippen molar-refractivity contribution >= 4 is 16.9 Å². The monoisotopic (exact) mass is 477 g/mol. The normalized spacial score (nSPS) is 11.9. The average molecular weight is 478 g/mol. The van der Waals surface area contributed by atoms with Gasteiger partial charge < -0.3 is 24.4 Å². The largest absolute Gasteiger partial charge is 0.497 e. The number of hydrogen-bond acceptors (Lipinski definition) is 6. The molecule has 1 aromatic heterocycles. The third-order valence-corrected chi connectivity index (χ3v) is 5.71. The number of furan rings is 1. The highest BCUT2D eigenvalue weighted by Gasteiger charge is 2.15. The molecule has 35 heavy (non-hydrogen) atoms. The SMILES string of the molecule is CCOC(=O)Cc1ccc(OC)cc1OCc1cc(-c2cccc([C@@H](N)CF)c2)c2occc2c1. The third kappa shape index (κ3) is 5.63. The highest BCUT2D eigenvalue weighted by atomic mass is 19.1. The van der Waals surface area contributed by atoms with E-state index in [1.807, 2.05) is 42.5 Å². The minimum absolute atomic E-state index is 0.0980. The van der Waals surface area contributed by atoms with Crippen LogP contribution in [-0.4, -0.2) is 26.4 Å². The van der Waals surface area contributed by atoms with Crippen LogP contribution in [0.2, 0.25) is 0 Å². The zero-order chi connectivity index (χ0) is 24.8. The second-order valence-electron chi connectivity index (χ2n) is 8.11. The van der Waals surface area contributed by atoms with Gasteiger partial charge in [-0.2, -0.15) is 0 Å². The topological polar surface area (TPSA) is 83.9 Å². The summed E-state index contributed by atoms with van der Waals surface area (Å²) in [5.74, 6) is 0.845. The van der Waals surface area contributed by atoms with Gasteiger partial charge in [-0.3, -0.25) is 4.79 Å². The lowest BCUT2D eigenvalue weighted by Gasteiger charge is -2.14. The average Bonchev–Trinajstić information content (AvgIpc) is 3.36. The predicted molar refractivity (Wildman–Crippen MR) is 132 cm³/mol. The fourth-order valence-electron chi connectivity index (χ4n) is 3.94. The number of benzene rings is 3. The van der Waals surface area contributed by atoms with Crippen LogP contribution in [0.25, 0.3) is 22.1 Å². The number of carbonyl (C=O) groups excluding carboxylic acids is 1. The van der Waals surface area contributed by atoms with E-state index in [0.29, 0.717) is 29.2 Å². The van der Waals surface area contributed by atoms with Crippen LogP contribution < -0.4 is 15.2 Å². The van der Waals surface area contributed by atoms with Gasteiger partial charge in [0.05, 0.1) is 32.4 Å². The quantitative estimate of drug-likeness (QED) is 0.292. The Labute approximate surface area is 203 Å². The number of fused-ring (bicyclic) bond motifs is 1. The molecule has 0 amide bonds. The molecule has 4 rings (SSSR count). The van der Waals surface area contributed by atoms with E-state index in [1.54, 1.807) is 38.5 Å². The number of carbonyl (C=O) groups is 1. The number of esters is 1. The van der Waals surface area contributed by atoms with Crippen molar-refractivity contribution in [2.24, 2.45) is 5.73 Å². The van der Waals surface area contributed by atoms with Crippen LogP contribution in [0.1, 0.15) is 29.7 Å². The molecule has 0 aliphatic heterocycles. The zero-order valence-electron chi connectivity index (χ0n) is 19.8. The van der Waals surface area contributed by atoms with Crippen molar-refractivity contribution in [3.05, 3.63) is 83.6 Å². The summed E-state index contributed by atoms with van der Waals surface area (Å²) in [4.78, 5) is 12.1. The molecule has 182 valence electrons. The van der Waals surface area contributed by atoms with Gasteiger partial charge in [0.2, 0.25) is 0 Å². The first-order valence-electron chi connectivity index (χ1n) is 11.4. The number of methoxy groups -OCH3 is 1. The summed E-state index contributed by atoms with van der Waals surface area (Å²) in [5, 5.41) is 0.915. The van der Waals surface area contributed by atoms with Gasteiger partial charge in [-0.25, -0.2) is 4.39 Å². The van der Waals surface area contributed by atoms with E-state index in [4.69, 9.17) is 24.4 Å². The maximum Gasteiger partial charge on any atom is 0.310 e.